The number of carboxylic acids is 3. The average Bonchev–Trinajstić information content (AvgIpc) is 2.91. The van der Waals surface area contributed by atoms with Crippen LogP contribution < -0.4 is 5.32 Å². The van der Waals surface area contributed by atoms with Gasteiger partial charge in [0, 0.05) is 45.1 Å². The zero-order valence-corrected chi connectivity index (χ0v) is 24.4. The van der Waals surface area contributed by atoms with Crippen LogP contribution in [0.1, 0.15) is 51.9 Å². The summed E-state index contributed by atoms with van der Waals surface area (Å²) in [6.07, 6.45) is 2.70. The molecule has 0 aromatic carbocycles. The minimum Gasteiger partial charge on any atom is -0.481 e. The predicted octanol–water partition coefficient (Wildman–Crippen LogP) is -1.06. The lowest BCUT2D eigenvalue weighted by atomic mass is 10.1. The van der Waals surface area contributed by atoms with Crippen LogP contribution in [0.15, 0.2) is 0 Å². The van der Waals surface area contributed by atoms with Gasteiger partial charge in [-0.1, -0.05) is 6.92 Å². The van der Waals surface area contributed by atoms with Crippen molar-refractivity contribution in [3.05, 3.63) is 0 Å². The third kappa shape index (κ3) is 19.1. The van der Waals surface area contributed by atoms with Gasteiger partial charge in [0.05, 0.1) is 26.2 Å². The molecule has 0 aliphatic carbocycles. The first-order valence-corrected chi connectivity index (χ1v) is 14.1. The van der Waals surface area contributed by atoms with E-state index >= 15 is 0 Å². The van der Waals surface area contributed by atoms with E-state index in [0.29, 0.717) is 32.1 Å². The molecular weight excluding hydrogens is 576 g/mol. The zero-order chi connectivity index (χ0) is 32.2. The SMILES string of the molecule is CCC(CCC(=O)OCCCCCC(=O)O)NC(=O)CN1CCN(CCN(CC(=O)O)CC(=O)O)CC(=O)OOC(=O)C1. The number of rotatable bonds is 20. The molecule has 0 bridgehead atoms. The van der Waals surface area contributed by atoms with E-state index in [0.717, 1.165) is 0 Å². The van der Waals surface area contributed by atoms with Crippen molar-refractivity contribution in [2.24, 2.45) is 0 Å². The number of aliphatic carboxylic acids is 3. The predicted molar refractivity (Wildman–Crippen MR) is 145 cm³/mol. The van der Waals surface area contributed by atoms with Crippen LogP contribution in [-0.4, -0.2) is 143 Å². The zero-order valence-electron chi connectivity index (χ0n) is 24.4. The largest absolute Gasteiger partial charge is 0.481 e. The Morgan fingerprint density at radius 2 is 1.49 bits per heavy atom. The number of carboxylic acid groups (broad SMARTS) is 3. The molecule has 17 heteroatoms. The summed E-state index contributed by atoms with van der Waals surface area (Å²) in [5.41, 5.74) is 0. The number of nitrogens with zero attached hydrogens (tertiary/aromatic N) is 3. The van der Waals surface area contributed by atoms with E-state index < -0.39 is 54.8 Å². The Bertz CT molecular complexity index is 945. The molecule has 0 spiro atoms. The van der Waals surface area contributed by atoms with E-state index in [-0.39, 0.29) is 71.3 Å². The molecule has 43 heavy (non-hydrogen) atoms. The molecule has 4 N–H and O–H groups in total. The molecular formula is C26H42N4O13. The van der Waals surface area contributed by atoms with Crippen molar-refractivity contribution in [2.75, 3.05) is 65.5 Å². The van der Waals surface area contributed by atoms with E-state index in [2.05, 4.69) is 15.1 Å². The number of unbranched alkanes of at least 4 members (excludes halogenated alkanes) is 2. The summed E-state index contributed by atoms with van der Waals surface area (Å²) in [4.78, 5) is 94.8. The first-order chi connectivity index (χ1) is 20.4. The molecule has 1 aliphatic heterocycles. The molecule has 1 heterocycles. The Morgan fingerprint density at radius 1 is 0.884 bits per heavy atom. The van der Waals surface area contributed by atoms with Crippen LogP contribution in [-0.2, 0) is 48.1 Å². The van der Waals surface area contributed by atoms with Crippen molar-refractivity contribution in [3.63, 3.8) is 0 Å². The van der Waals surface area contributed by atoms with Crippen LogP contribution in [0.25, 0.3) is 0 Å². The molecule has 1 amide bonds. The second-order valence-electron chi connectivity index (χ2n) is 10.0. The van der Waals surface area contributed by atoms with Gasteiger partial charge in [-0.15, -0.1) is 0 Å². The topological polar surface area (TPSA) is 230 Å². The lowest BCUT2D eigenvalue weighted by Gasteiger charge is -2.29. The number of hydrogen-bond donors (Lipinski definition) is 4. The van der Waals surface area contributed by atoms with Gasteiger partial charge in [0.25, 0.3) is 0 Å². The smallest absolute Gasteiger partial charge is 0.369 e. The van der Waals surface area contributed by atoms with Gasteiger partial charge in [0.2, 0.25) is 5.91 Å². The summed E-state index contributed by atoms with van der Waals surface area (Å²) in [5, 5.41) is 29.5. The Balaban J connectivity index is 2.61. The number of nitrogens with one attached hydrogen (secondary N) is 1. The maximum atomic E-state index is 12.8. The number of esters is 1. The second kappa shape index (κ2) is 21.0. The van der Waals surface area contributed by atoms with Crippen molar-refractivity contribution >= 4 is 41.7 Å². The Hall–Kier alpha value is -3.83. The van der Waals surface area contributed by atoms with E-state index in [1.807, 2.05) is 6.92 Å². The van der Waals surface area contributed by atoms with E-state index in [9.17, 15) is 33.6 Å². The fourth-order valence-corrected chi connectivity index (χ4v) is 4.12. The van der Waals surface area contributed by atoms with Crippen LogP contribution in [0.4, 0.5) is 0 Å². The Kier molecular flexibility index (Phi) is 18.1. The molecule has 0 aromatic rings. The average molecular weight is 619 g/mol. The third-order valence-electron chi connectivity index (χ3n) is 6.34. The van der Waals surface area contributed by atoms with Crippen LogP contribution in [0.2, 0.25) is 0 Å². The van der Waals surface area contributed by atoms with Gasteiger partial charge in [0.15, 0.2) is 0 Å². The normalized spacial score (nSPS) is 15.7. The van der Waals surface area contributed by atoms with Crippen molar-refractivity contribution in [1.29, 1.82) is 0 Å². The highest BCUT2D eigenvalue weighted by molar-refractivity contribution is 5.80. The van der Waals surface area contributed by atoms with Crippen molar-refractivity contribution in [1.82, 2.24) is 20.0 Å². The molecule has 1 saturated heterocycles. The van der Waals surface area contributed by atoms with E-state index in [1.54, 1.807) is 4.90 Å². The van der Waals surface area contributed by atoms with E-state index in [1.165, 1.54) is 9.80 Å². The van der Waals surface area contributed by atoms with Gasteiger partial charge in [0.1, 0.15) is 13.1 Å². The van der Waals surface area contributed by atoms with Crippen molar-refractivity contribution < 1.29 is 63.4 Å². The molecule has 1 fully saturated rings. The molecule has 1 unspecified atom stereocenters. The minimum absolute atomic E-state index is 0.0114. The highest BCUT2D eigenvalue weighted by atomic mass is 17.2. The molecule has 244 valence electrons. The highest BCUT2D eigenvalue weighted by Gasteiger charge is 2.24. The minimum atomic E-state index is -1.21. The summed E-state index contributed by atoms with van der Waals surface area (Å²) >= 11 is 0. The standard InChI is InChI=1S/C26H42N4O13/c1-2-19(7-8-24(38)41-13-5-3-4-6-21(32)33)27-20(31)14-29-11-9-28(17-25(39)42-43-26(40)18-29)10-12-30(15-22(34)35)16-23(36)37/h19H,2-18H2,1H3,(H,27,31)(H,32,33)(H,34,35)(H,36,37). The monoisotopic (exact) mass is 618 g/mol. The maximum absolute atomic E-state index is 12.8. The number of ether oxygens (including phenoxy) is 1. The Labute approximate surface area is 248 Å². The molecule has 0 aromatic heterocycles. The van der Waals surface area contributed by atoms with Gasteiger partial charge < -0.3 is 25.4 Å². The molecule has 0 saturated carbocycles. The van der Waals surface area contributed by atoms with Crippen molar-refractivity contribution in [3.8, 4) is 0 Å². The molecule has 0 radical (unpaired) electrons. The number of amides is 1. The molecule has 17 nitrogen and oxygen atoms in total. The molecule has 1 aliphatic rings. The number of hydrogen-bond acceptors (Lipinski definition) is 13. The number of carbonyl (C=O) groups excluding carboxylic acids is 4. The lowest BCUT2D eigenvalue weighted by Crippen LogP contribution is -2.48. The second-order valence-corrected chi connectivity index (χ2v) is 10.0. The summed E-state index contributed by atoms with van der Waals surface area (Å²) in [7, 11) is 0. The van der Waals surface area contributed by atoms with Crippen LogP contribution in [0.3, 0.4) is 0 Å². The van der Waals surface area contributed by atoms with Crippen molar-refractivity contribution in [2.45, 2.75) is 57.9 Å². The lowest BCUT2D eigenvalue weighted by molar-refractivity contribution is -0.260. The summed E-state index contributed by atoms with van der Waals surface area (Å²) in [6.45, 7) is 0.521. The van der Waals surface area contributed by atoms with E-state index in [4.69, 9.17) is 20.1 Å². The number of carbonyl (C=O) groups is 7. The fraction of sp³-hybridized carbons (Fsp3) is 0.731. The highest BCUT2D eigenvalue weighted by Crippen LogP contribution is 2.06. The van der Waals surface area contributed by atoms with Gasteiger partial charge in [-0.2, -0.15) is 0 Å². The first-order valence-electron chi connectivity index (χ1n) is 14.1. The first kappa shape index (κ1) is 37.2. The van der Waals surface area contributed by atoms with Gasteiger partial charge in [-0.3, -0.25) is 38.7 Å². The van der Waals surface area contributed by atoms with Crippen LogP contribution in [0.5, 0.6) is 0 Å². The quantitative estimate of drug-likeness (QED) is 0.0724. The van der Waals surface area contributed by atoms with Crippen LogP contribution in [0, 0.1) is 0 Å². The summed E-state index contributed by atoms with van der Waals surface area (Å²) in [5.74, 6) is -5.89. The summed E-state index contributed by atoms with van der Waals surface area (Å²) in [6, 6.07) is -0.338. The van der Waals surface area contributed by atoms with Gasteiger partial charge >= 0.3 is 35.8 Å². The summed E-state index contributed by atoms with van der Waals surface area (Å²) < 4.78 is 5.16. The Morgan fingerprint density at radius 3 is 2.07 bits per heavy atom. The van der Waals surface area contributed by atoms with Gasteiger partial charge in [-0.05, 0) is 32.1 Å². The molecule has 1 rings (SSSR count). The van der Waals surface area contributed by atoms with Crippen LogP contribution >= 0.6 is 0 Å². The third-order valence-corrected chi connectivity index (χ3v) is 6.34. The van der Waals surface area contributed by atoms with Gasteiger partial charge in [-0.25, -0.2) is 19.4 Å². The molecule has 1 atom stereocenters. The maximum Gasteiger partial charge on any atom is 0.369 e. The fourth-order valence-electron chi connectivity index (χ4n) is 4.12.